The molecule has 0 fully saturated rings. The molecule has 1 rings (SSSR count). The first kappa shape index (κ1) is 9.13. The number of hydrogen-bond donors (Lipinski definition) is 0. The van der Waals surface area contributed by atoms with Gasteiger partial charge in [-0.1, -0.05) is 0 Å². The second-order valence-electron chi connectivity index (χ2n) is 2.07. The normalized spacial score (nSPS) is 9.50. The molecule has 0 aliphatic carbocycles. The van der Waals surface area contributed by atoms with E-state index < -0.39 is 0 Å². The molecule has 0 spiro atoms. The summed E-state index contributed by atoms with van der Waals surface area (Å²) in [6.45, 7) is 0.496. The smallest absolute Gasteiger partial charge is 0.213 e. The predicted octanol–water partition coefficient (Wildman–Crippen LogP) is 1.71. The van der Waals surface area contributed by atoms with Gasteiger partial charge in [-0.25, -0.2) is 4.98 Å². The molecule has 0 amide bonds. The Morgan fingerprint density at radius 2 is 2.33 bits per heavy atom. The summed E-state index contributed by atoms with van der Waals surface area (Å²) in [7, 11) is 1.57. The third-order valence-electron chi connectivity index (χ3n) is 1.26. The summed E-state index contributed by atoms with van der Waals surface area (Å²) < 4.78 is 10.1. The van der Waals surface area contributed by atoms with Crippen molar-refractivity contribution in [1.29, 1.82) is 0 Å². The lowest BCUT2D eigenvalue weighted by atomic mass is 10.4. The van der Waals surface area contributed by atoms with E-state index in [-0.39, 0.29) is 0 Å². The number of alkyl halides is 1. The molecule has 0 unspecified atom stereocenters. The summed E-state index contributed by atoms with van der Waals surface area (Å²) in [4.78, 5) is 3.96. The minimum Gasteiger partial charge on any atom is -0.491 e. The molecule has 3 nitrogen and oxygen atoms in total. The van der Waals surface area contributed by atoms with E-state index in [1.54, 1.807) is 25.4 Å². The lowest BCUT2D eigenvalue weighted by molar-refractivity contribution is 0.338. The Labute approximate surface area is 76.3 Å². The molecule has 66 valence electrons. The van der Waals surface area contributed by atoms with Gasteiger partial charge in [0.05, 0.1) is 19.2 Å². The van der Waals surface area contributed by atoms with Crippen molar-refractivity contribution in [3.05, 3.63) is 18.3 Å². The predicted molar refractivity (Wildman–Crippen MR) is 47.0 cm³/mol. The Hall–Kier alpha value is -0.960. The van der Waals surface area contributed by atoms with Crippen molar-refractivity contribution in [2.45, 2.75) is 0 Å². The SMILES string of the molecule is COc1ccc(OCCCl)cn1. The third-order valence-corrected chi connectivity index (χ3v) is 1.42. The fourth-order valence-corrected chi connectivity index (χ4v) is 0.806. The highest BCUT2D eigenvalue weighted by molar-refractivity contribution is 6.17. The summed E-state index contributed by atoms with van der Waals surface area (Å²) >= 11 is 5.44. The minimum atomic E-state index is 0.478. The topological polar surface area (TPSA) is 31.4 Å². The maximum absolute atomic E-state index is 5.44. The summed E-state index contributed by atoms with van der Waals surface area (Å²) in [5.74, 6) is 1.76. The fourth-order valence-electron chi connectivity index (χ4n) is 0.729. The van der Waals surface area contributed by atoms with Crippen molar-refractivity contribution in [1.82, 2.24) is 4.98 Å². The standard InChI is InChI=1S/C8H10ClNO2/c1-11-8-3-2-7(6-10-8)12-5-4-9/h2-3,6H,4-5H2,1H3. The van der Waals surface area contributed by atoms with Crippen LogP contribution in [0.25, 0.3) is 0 Å². The molecule has 0 N–H and O–H groups in total. The van der Waals surface area contributed by atoms with Crippen LogP contribution in [0, 0.1) is 0 Å². The monoisotopic (exact) mass is 187 g/mol. The lowest BCUT2D eigenvalue weighted by Crippen LogP contribution is -1.98. The van der Waals surface area contributed by atoms with Gasteiger partial charge < -0.3 is 9.47 Å². The first-order valence-electron chi connectivity index (χ1n) is 3.55. The minimum absolute atomic E-state index is 0.478. The average molecular weight is 188 g/mol. The van der Waals surface area contributed by atoms with E-state index in [9.17, 15) is 0 Å². The van der Waals surface area contributed by atoms with Gasteiger partial charge in [-0.05, 0) is 6.07 Å². The molecule has 1 aromatic heterocycles. The number of hydrogen-bond acceptors (Lipinski definition) is 3. The number of ether oxygens (including phenoxy) is 2. The molecule has 1 aromatic rings. The molecule has 0 aliphatic rings. The summed E-state index contributed by atoms with van der Waals surface area (Å²) in [6, 6.07) is 3.53. The van der Waals surface area contributed by atoms with Gasteiger partial charge in [-0.3, -0.25) is 0 Å². The number of rotatable bonds is 4. The molecule has 0 saturated carbocycles. The van der Waals surface area contributed by atoms with Gasteiger partial charge in [0.2, 0.25) is 5.88 Å². The lowest BCUT2D eigenvalue weighted by Gasteiger charge is -2.03. The Morgan fingerprint density at radius 1 is 1.50 bits per heavy atom. The first-order valence-corrected chi connectivity index (χ1v) is 4.09. The van der Waals surface area contributed by atoms with Crippen LogP contribution in [0.1, 0.15) is 0 Å². The van der Waals surface area contributed by atoms with E-state index in [1.165, 1.54) is 0 Å². The van der Waals surface area contributed by atoms with E-state index in [4.69, 9.17) is 21.1 Å². The van der Waals surface area contributed by atoms with Crippen molar-refractivity contribution in [2.75, 3.05) is 19.6 Å². The van der Waals surface area contributed by atoms with Gasteiger partial charge in [-0.15, -0.1) is 11.6 Å². The molecular formula is C8H10ClNO2. The number of nitrogens with zero attached hydrogens (tertiary/aromatic N) is 1. The quantitative estimate of drug-likeness (QED) is 0.673. The molecule has 1 heterocycles. The van der Waals surface area contributed by atoms with E-state index in [0.717, 1.165) is 0 Å². The van der Waals surface area contributed by atoms with E-state index >= 15 is 0 Å². The summed E-state index contributed by atoms with van der Waals surface area (Å²) in [5, 5.41) is 0. The molecule has 0 atom stereocenters. The van der Waals surface area contributed by atoms with Crippen LogP contribution in [0.5, 0.6) is 11.6 Å². The number of aromatic nitrogens is 1. The molecular weight excluding hydrogens is 178 g/mol. The van der Waals surface area contributed by atoms with Crippen molar-refractivity contribution in [2.24, 2.45) is 0 Å². The van der Waals surface area contributed by atoms with E-state index in [0.29, 0.717) is 24.1 Å². The van der Waals surface area contributed by atoms with Crippen LogP contribution in [0.15, 0.2) is 18.3 Å². The molecule has 0 saturated heterocycles. The number of methoxy groups -OCH3 is 1. The molecule has 0 aliphatic heterocycles. The molecule has 12 heavy (non-hydrogen) atoms. The van der Waals surface area contributed by atoms with Crippen LogP contribution < -0.4 is 9.47 Å². The summed E-state index contributed by atoms with van der Waals surface area (Å²) in [6.07, 6.45) is 1.60. The molecule has 0 radical (unpaired) electrons. The molecule has 0 bridgehead atoms. The van der Waals surface area contributed by atoms with Crippen molar-refractivity contribution < 1.29 is 9.47 Å². The first-order chi connectivity index (χ1) is 5.86. The van der Waals surface area contributed by atoms with Crippen molar-refractivity contribution in [3.63, 3.8) is 0 Å². The second kappa shape index (κ2) is 4.83. The van der Waals surface area contributed by atoms with Gasteiger partial charge in [0.1, 0.15) is 12.4 Å². The van der Waals surface area contributed by atoms with Crippen LogP contribution in [-0.2, 0) is 0 Å². The highest BCUT2D eigenvalue weighted by Crippen LogP contribution is 2.12. The zero-order valence-corrected chi connectivity index (χ0v) is 7.54. The van der Waals surface area contributed by atoms with Crippen molar-refractivity contribution >= 4 is 11.6 Å². The maximum Gasteiger partial charge on any atom is 0.213 e. The molecule has 4 heteroatoms. The highest BCUT2D eigenvalue weighted by atomic mass is 35.5. The summed E-state index contributed by atoms with van der Waals surface area (Å²) in [5.41, 5.74) is 0. The molecule has 0 aromatic carbocycles. The van der Waals surface area contributed by atoms with Crippen molar-refractivity contribution in [3.8, 4) is 11.6 Å². The highest BCUT2D eigenvalue weighted by Gasteiger charge is 1.94. The zero-order valence-electron chi connectivity index (χ0n) is 6.79. The Morgan fingerprint density at radius 3 is 2.83 bits per heavy atom. The van der Waals surface area contributed by atoms with Gasteiger partial charge in [0.25, 0.3) is 0 Å². The van der Waals surface area contributed by atoms with Crippen LogP contribution >= 0.6 is 11.6 Å². The zero-order chi connectivity index (χ0) is 8.81. The van der Waals surface area contributed by atoms with Gasteiger partial charge in [-0.2, -0.15) is 0 Å². The van der Waals surface area contributed by atoms with E-state index in [2.05, 4.69) is 4.98 Å². The Bertz CT molecular complexity index is 225. The van der Waals surface area contributed by atoms with Crippen LogP contribution in [-0.4, -0.2) is 24.6 Å². The maximum atomic E-state index is 5.44. The number of pyridine rings is 1. The third kappa shape index (κ3) is 2.58. The van der Waals surface area contributed by atoms with Gasteiger partial charge in [0, 0.05) is 6.07 Å². The van der Waals surface area contributed by atoms with Crippen LogP contribution in [0.4, 0.5) is 0 Å². The van der Waals surface area contributed by atoms with Gasteiger partial charge in [0.15, 0.2) is 0 Å². The Balaban J connectivity index is 2.53. The second-order valence-corrected chi connectivity index (χ2v) is 2.45. The van der Waals surface area contributed by atoms with Crippen LogP contribution in [0.2, 0.25) is 0 Å². The van der Waals surface area contributed by atoms with E-state index in [1.807, 2.05) is 0 Å². The fraction of sp³-hybridized carbons (Fsp3) is 0.375. The Kier molecular flexibility index (Phi) is 3.67. The number of halogens is 1. The largest absolute Gasteiger partial charge is 0.491 e. The van der Waals surface area contributed by atoms with Gasteiger partial charge >= 0.3 is 0 Å². The van der Waals surface area contributed by atoms with Crippen LogP contribution in [0.3, 0.4) is 0 Å². The average Bonchev–Trinajstić information content (AvgIpc) is 2.15.